The summed E-state index contributed by atoms with van der Waals surface area (Å²) in [6.45, 7) is 2.23. The lowest BCUT2D eigenvalue weighted by Crippen LogP contribution is -2.71. The maximum absolute atomic E-state index is 13.1. The molecule has 1 fully saturated rings. The standard InChI is InChI=1S/C24H28FN7O5S3/c1-13-16(40-12-27-13)9-32(2,3)7-4-5-14-10-38-22-18(21(34)31(22)19(14)23(35)36)29-20(33)17(30-37-8-6-25)15-11-39-24(26)28-15/h4-5,11-12,18,22H,6-10H2,1-3H3,(H3-,26,28,29,33,35,36)/p+1/b5-4+,30-17-/t18-,22-/m1/s1. The predicted octanol–water partition coefficient (Wildman–Crippen LogP) is 1.75. The molecule has 0 spiro atoms. The maximum atomic E-state index is 13.1. The minimum Gasteiger partial charge on any atom is -0.477 e. The number of hydrogen-bond donors (Lipinski definition) is 3. The normalized spacial score (nSPS) is 19.6. The number of alkyl halides is 1. The molecule has 1 saturated heterocycles. The number of nitrogen functional groups attached to an aromatic ring is 1. The number of likely N-dealkylation sites (N-methyl/N-ethyl adjacent to an activating group) is 1. The lowest BCUT2D eigenvalue weighted by molar-refractivity contribution is -0.897. The summed E-state index contributed by atoms with van der Waals surface area (Å²) < 4.78 is 13.1. The van der Waals surface area contributed by atoms with Crippen LogP contribution in [0.2, 0.25) is 0 Å². The van der Waals surface area contributed by atoms with E-state index in [9.17, 15) is 23.9 Å². The van der Waals surface area contributed by atoms with Gasteiger partial charge in [-0.3, -0.25) is 14.5 Å². The van der Waals surface area contributed by atoms with E-state index in [4.69, 9.17) is 10.6 Å². The number of β-lactam (4-membered cyclic amide) rings is 1. The van der Waals surface area contributed by atoms with Gasteiger partial charge in [0.15, 0.2) is 10.8 Å². The fraction of sp³-hybridized carbons (Fsp3) is 0.417. The maximum Gasteiger partial charge on any atom is 0.352 e. The van der Waals surface area contributed by atoms with Crippen molar-refractivity contribution in [3.63, 3.8) is 0 Å². The number of amides is 2. The van der Waals surface area contributed by atoms with Gasteiger partial charge in [0.05, 0.1) is 36.7 Å². The Balaban J connectivity index is 1.46. The number of carboxylic acids is 1. The van der Waals surface area contributed by atoms with Gasteiger partial charge in [0, 0.05) is 11.1 Å². The van der Waals surface area contributed by atoms with Gasteiger partial charge in [0.2, 0.25) is 0 Å². The SMILES string of the molecule is Cc1ncsc1C[N+](C)(C)C/C=C/C1=C(C(=O)O)N2C(=O)[C@@H](NC(=O)/C(=N\OCCF)c3csc(N)n3)[C@H]2SC1. The molecular formula is C24H29FN7O5S3+. The Morgan fingerprint density at radius 1 is 1.40 bits per heavy atom. The fourth-order valence-electron chi connectivity index (χ4n) is 4.14. The van der Waals surface area contributed by atoms with Crippen LogP contribution in [0.3, 0.4) is 0 Å². The molecule has 4 N–H and O–H groups in total. The van der Waals surface area contributed by atoms with Gasteiger partial charge in [-0.25, -0.2) is 19.2 Å². The lowest BCUT2D eigenvalue weighted by atomic mass is 10.0. The number of carboxylic acid groups (broad SMARTS) is 1. The zero-order chi connectivity index (χ0) is 29.0. The molecule has 16 heteroatoms. The lowest BCUT2D eigenvalue weighted by Gasteiger charge is -2.49. The summed E-state index contributed by atoms with van der Waals surface area (Å²) in [6.07, 6.45) is 3.67. The number of halogens is 1. The first-order chi connectivity index (χ1) is 19.0. The van der Waals surface area contributed by atoms with Crippen molar-refractivity contribution in [1.29, 1.82) is 0 Å². The first-order valence-electron chi connectivity index (χ1n) is 12.1. The molecule has 0 unspecified atom stereocenters. The molecule has 0 saturated carbocycles. The minimum absolute atomic E-state index is 0.105. The first kappa shape index (κ1) is 29.6. The molecule has 0 aliphatic carbocycles. The van der Waals surface area contributed by atoms with Crippen molar-refractivity contribution in [3.05, 3.63) is 50.6 Å². The highest BCUT2D eigenvalue weighted by Gasteiger charge is 2.54. The Morgan fingerprint density at radius 3 is 2.80 bits per heavy atom. The summed E-state index contributed by atoms with van der Waals surface area (Å²) in [5.74, 6) is -2.22. The second-order valence-corrected chi connectivity index (χ2v) is 12.5. The van der Waals surface area contributed by atoms with Crippen molar-refractivity contribution in [1.82, 2.24) is 20.2 Å². The number of nitrogens with two attached hydrogens (primary N) is 1. The van der Waals surface area contributed by atoms with E-state index in [-0.39, 0.29) is 28.8 Å². The van der Waals surface area contributed by atoms with Crippen LogP contribution in [0.4, 0.5) is 9.52 Å². The average molecular weight is 611 g/mol. The van der Waals surface area contributed by atoms with Crippen molar-refractivity contribution in [2.75, 3.05) is 45.4 Å². The smallest absolute Gasteiger partial charge is 0.352 e. The van der Waals surface area contributed by atoms with Crippen LogP contribution in [-0.2, 0) is 25.8 Å². The number of carbonyl (C=O) groups is 3. The van der Waals surface area contributed by atoms with Crippen LogP contribution in [0.1, 0.15) is 16.3 Å². The minimum atomic E-state index is -1.23. The Labute approximate surface area is 242 Å². The summed E-state index contributed by atoms with van der Waals surface area (Å²) in [4.78, 5) is 53.8. The summed E-state index contributed by atoms with van der Waals surface area (Å²) >= 11 is 4.03. The number of allylic oxidation sites excluding steroid dienone is 1. The predicted molar refractivity (Wildman–Crippen MR) is 151 cm³/mol. The molecule has 2 aliphatic heterocycles. The zero-order valence-electron chi connectivity index (χ0n) is 22.0. The molecule has 2 aromatic heterocycles. The number of oxime groups is 1. The van der Waals surface area contributed by atoms with Crippen molar-refractivity contribution in [2.45, 2.75) is 24.9 Å². The molecule has 12 nitrogen and oxygen atoms in total. The number of anilines is 1. The molecular weight excluding hydrogens is 582 g/mol. The van der Waals surface area contributed by atoms with Crippen LogP contribution >= 0.6 is 34.4 Å². The largest absolute Gasteiger partial charge is 0.477 e. The van der Waals surface area contributed by atoms with Crippen molar-refractivity contribution in [3.8, 4) is 0 Å². The van der Waals surface area contributed by atoms with E-state index in [0.29, 0.717) is 22.4 Å². The number of carbonyl (C=O) groups excluding carboxylic acids is 2. The van der Waals surface area contributed by atoms with Gasteiger partial charge in [0.1, 0.15) is 42.6 Å². The molecule has 4 heterocycles. The molecule has 0 bridgehead atoms. The molecule has 2 aliphatic rings. The Kier molecular flexibility index (Phi) is 9.22. The molecule has 4 rings (SSSR count). The van der Waals surface area contributed by atoms with Crippen molar-refractivity contribution in [2.24, 2.45) is 5.16 Å². The summed E-state index contributed by atoms with van der Waals surface area (Å²) in [5, 5.41) is 17.3. The topological polar surface area (TPSA) is 160 Å². The van der Waals surface area contributed by atoms with Gasteiger partial charge in [-0.15, -0.1) is 34.4 Å². The Bertz CT molecular complexity index is 1390. The zero-order valence-corrected chi connectivity index (χ0v) is 24.4. The van der Waals surface area contributed by atoms with E-state index in [0.717, 1.165) is 23.6 Å². The third-order valence-electron chi connectivity index (χ3n) is 6.13. The molecule has 40 heavy (non-hydrogen) atoms. The van der Waals surface area contributed by atoms with E-state index >= 15 is 0 Å². The summed E-state index contributed by atoms with van der Waals surface area (Å²) in [6, 6.07) is -0.988. The molecule has 214 valence electrons. The number of nitrogens with zero attached hydrogens (tertiary/aromatic N) is 5. The van der Waals surface area contributed by atoms with Crippen LogP contribution in [0.15, 0.2) is 39.5 Å². The summed E-state index contributed by atoms with van der Waals surface area (Å²) in [7, 11) is 4.15. The van der Waals surface area contributed by atoms with Crippen LogP contribution < -0.4 is 11.1 Å². The van der Waals surface area contributed by atoms with Crippen LogP contribution in [0.5, 0.6) is 0 Å². The Morgan fingerprint density at radius 2 is 2.17 bits per heavy atom. The van der Waals surface area contributed by atoms with Crippen LogP contribution in [-0.4, -0.2) is 99.0 Å². The third kappa shape index (κ3) is 6.51. The first-order valence-corrected chi connectivity index (χ1v) is 14.9. The number of thioether (sulfide) groups is 1. The van der Waals surface area contributed by atoms with Gasteiger partial charge in [-0.1, -0.05) is 11.2 Å². The number of quaternary nitrogens is 1. The second kappa shape index (κ2) is 12.4. The quantitative estimate of drug-likeness (QED) is 0.107. The van der Waals surface area contributed by atoms with E-state index < -0.39 is 35.9 Å². The number of rotatable bonds is 12. The number of nitrogens with one attached hydrogen (secondary N) is 1. The molecule has 2 amide bonds. The van der Waals surface area contributed by atoms with Gasteiger partial charge in [-0.05, 0) is 18.6 Å². The van der Waals surface area contributed by atoms with Crippen LogP contribution in [0.25, 0.3) is 0 Å². The number of aryl methyl sites for hydroxylation is 1. The average Bonchev–Trinajstić information content (AvgIpc) is 3.51. The third-order valence-corrected chi connectivity index (χ3v) is 9.02. The highest BCUT2D eigenvalue weighted by molar-refractivity contribution is 8.00. The van der Waals surface area contributed by atoms with Crippen molar-refractivity contribution >= 4 is 63.1 Å². The van der Waals surface area contributed by atoms with Gasteiger partial charge < -0.3 is 25.5 Å². The number of aliphatic carboxylic acids is 1. The molecule has 0 radical (unpaired) electrons. The second-order valence-electron chi connectivity index (χ2n) is 9.61. The van der Waals surface area contributed by atoms with Crippen molar-refractivity contribution < 1.29 is 33.2 Å². The van der Waals surface area contributed by atoms with E-state index in [2.05, 4.69) is 34.5 Å². The fourth-order valence-corrected chi connectivity index (χ4v) is 6.99. The number of aromatic nitrogens is 2. The number of thiazole rings is 2. The van der Waals surface area contributed by atoms with E-state index in [1.54, 1.807) is 17.4 Å². The van der Waals surface area contributed by atoms with Gasteiger partial charge in [0.25, 0.3) is 11.8 Å². The van der Waals surface area contributed by atoms with E-state index in [1.807, 2.05) is 18.5 Å². The number of hydrogen-bond acceptors (Lipinski definition) is 11. The van der Waals surface area contributed by atoms with Crippen LogP contribution in [0, 0.1) is 6.92 Å². The molecule has 0 aromatic carbocycles. The van der Waals surface area contributed by atoms with Gasteiger partial charge >= 0.3 is 5.97 Å². The van der Waals surface area contributed by atoms with E-state index in [1.165, 1.54) is 26.9 Å². The monoisotopic (exact) mass is 610 g/mol. The highest BCUT2D eigenvalue weighted by Crippen LogP contribution is 2.40. The Hall–Kier alpha value is -3.34. The highest BCUT2D eigenvalue weighted by atomic mass is 32.2. The van der Waals surface area contributed by atoms with Gasteiger partial charge in [-0.2, -0.15) is 0 Å². The molecule has 2 atom stereocenters. The summed E-state index contributed by atoms with van der Waals surface area (Å²) in [5.41, 5.74) is 8.74. The molecule has 2 aromatic rings. The number of fused-ring (bicyclic) bond motifs is 1.